The number of halogens is 2. The van der Waals surface area contributed by atoms with E-state index in [0.717, 1.165) is 11.1 Å². The number of carbonyl (C=O) groups is 3. The van der Waals surface area contributed by atoms with Crippen molar-refractivity contribution in [1.82, 2.24) is 10.2 Å². The Kier molecular flexibility index (Phi) is 7.14. The molecule has 1 saturated heterocycles. The summed E-state index contributed by atoms with van der Waals surface area (Å²) >= 11 is 0. The molecule has 218 valence electrons. The maximum absolute atomic E-state index is 14.1. The Labute approximate surface area is 242 Å². The second-order valence-corrected chi connectivity index (χ2v) is 11.8. The summed E-state index contributed by atoms with van der Waals surface area (Å²) in [6, 6.07) is 14.4. The number of carbonyl (C=O) groups excluding carboxylic acids is 3. The monoisotopic (exact) mass is 574 g/mol. The average molecular weight is 575 g/mol. The molecule has 0 atom stereocenters. The van der Waals surface area contributed by atoms with Crippen LogP contribution in [0.15, 0.2) is 52.9 Å². The maximum Gasteiger partial charge on any atom is 0.287 e. The zero-order valence-corrected chi connectivity index (χ0v) is 23.2. The number of fused-ring (bicyclic) bond motifs is 1. The number of nitrogens with zero attached hydrogens (tertiary/aromatic N) is 1. The quantitative estimate of drug-likeness (QED) is 0.370. The van der Waals surface area contributed by atoms with Crippen LogP contribution in [0.5, 0.6) is 0 Å². The summed E-state index contributed by atoms with van der Waals surface area (Å²) in [6.45, 7) is 2.21. The number of hydrogen-bond acceptors (Lipinski definition) is 5. The molecule has 2 heterocycles. The first-order valence-electron chi connectivity index (χ1n) is 14.3. The van der Waals surface area contributed by atoms with Gasteiger partial charge in [-0.05, 0) is 61.1 Å². The number of rotatable bonds is 7. The van der Waals surface area contributed by atoms with Gasteiger partial charge < -0.3 is 19.4 Å². The third-order valence-electron chi connectivity index (χ3n) is 8.89. The second-order valence-electron chi connectivity index (χ2n) is 11.8. The lowest BCUT2D eigenvalue weighted by Gasteiger charge is -2.39. The van der Waals surface area contributed by atoms with E-state index in [1.807, 2.05) is 24.3 Å². The minimum Gasteiger partial charge on any atom is -0.451 e. The molecule has 2 saturated carbocycles. The number of benzene rings is 2. The average Bonchev–Trinajstić information content (AvgIpc) is 3.65. The minimum atomic E-state index is -2.87. The van der Waals surface area contributed by atoms with Crippen molar-refractivity contribution in [3.63, 3.8) is 0 Å². The first-order valence-corrected chi connectivity index (χ1v) is 14.3. The van der Waals surface area contributed by atoms with Gasteiger partial charge in [0.1, 0.15) is 5.58 Å². The van der Waals surface area contributed by atoms with Crippen molar-refractivity contribution in [3.05, 3.63) is 59.9 Å². The number of Topliss-reactive ketones (excluding diaryl/α,β-unsaturated/α-hetero) is 1. The molecule has 1 aromatic heterocycles. The zero-order valence-electron chi connectivity index (χ0n) is 23.2. The molecule has 0 bridgehead atoms. The molecule has 1 aliphatic heterocycles. The van der Waals surface area contributed by atoms with E-state index in [0.29, 0.717) is 55.7 Å². The fraction of sp³-hybridized carbons (Fsp3) is 0.424. The first kappa shape index (κ1) is 28.1. The van der Waals surface area contributed by atoms with E-state index in [9.17, 15) is 23.2 Å². The molecule has 2 aliphatic carbocycles. The van der Waals surface area contributed by atoms with Gasteiger partial charge in [0.15, 0.2) is 11.5 Å². The van der Waals surface area contributed by atoms with Gasteiger partial charge in [0.05, 0.1) is 18.8 Å². The van der Waals surface area contributed by atoms with E-state index in [4.69, 9.17) is 15.6 Å². The third kappa shape index (κ3) is 5.56. The Morgan fingerprint density at radius 2 is 1.57 bits per heavy atom. The summed E-state index contributed by atoms with van der Waals surface area (Å²) in [6.07, 6.45) is 5.85. The molecule has 0 radical (unpaired) electrons. The van der Waals surface area contributed by atoms with Gasteiger partial charge in [-0.2, -0.15) is 0 Å². The van der Waals surface area contributed by atoms with Crippen LogP contribution in [0.25, 0.3) is 22.1 Å². The second kappa shape index (κ2) is 10.7. The Hall–Kier alpha value is -4.03. The molecule has 6 rings (SSSR count). The van der Waals surface area contributed by atoms with Gasteiger partial charge in [0.2, 0.25) is 5.92 Å². The van der Waals surface area contributed by atoms with Crippen LogP contribution in [0.1, 0.15) is 65.9 Å². The number of ketones is 1. The predicted octanol–water partition coefficient (Wildman–Crippen LogP) is 5.62. The molecular weight excluding hydrogens is 542 g/mol. The van der Waals surface area contributed by atoms with Crippen molar-refractivity contribution >= 4 is 28.6 Å². The van der Waals surface area contributed by atoms with Gasteiger partial charge in [-0.25, -0.2) is 8.78 Å². The highest BCUT2D eigenvalue weighted by atomic mass is 19.3. The highest BCUT2D eigenvalue weighted by Crippen LogP contribution is 2.50. The number of ether oxygens (including phenoxy) is 1. The van der Waals surface area contributed by atoms with Crippen LogP contribution in [0, 0.1) is 17.8 Å². The summed E-state index contributed by atoms with van der Waals surface area (Å²) in [5.74, 6) is -1.15. The van der Waals surface area contributed by atoms with E-state index in [-0.39, 0.29) is 36.7 Å². The van der Waals surface area contributed by atoms with Gasteiger partial charge in [-0.1, -0.05) is 30.2 Å². The number of nitrogens with one attached hydrogen (secondary N) is 1. The molecule has 42 heavy (non-hydrogen) atoms. The first-order chi connectivity index (χ1) is 20.1. The normalized spacial score (nSPS) is 20.5. The molecule has 0 spiro atoms. The van der Waals surface area contributed by atoms with Gasteiger partial charge in [0.25, 0.3) is 11.8 Å². The van der Waals surface area contributed by atoms with Crippen LogP contribution in [-0.4, -0.2) is 60.3 Å². The molecular formula is C33H32F2N2O5. The predicted molar refractivity (Wildman–Crippen MR) is 152 cm³/mol. The van der Waals surface area contributed by atoms with Gasteiger partial charge in [-0.15, -0.1) is 6.42 Å². The summed E-state index contributed by atoms with van der Waals surface area (Å²) in [5.41, 5.74) is 0.824. The Morgan fingerprint density at radius 1 is 0.905 bits per heavy atom. The highest BCUT2D eigenvalue weighted by molar-refractivity contribution is 6.01. The summed E-state index contributed by atoms with van der Waals surface area (Å²) in [5, 5.41) is 3.47. The van der Waals surface area contributed by atoms with Crippen molar-refractivity contribution in [2.75, 3.05) is 26.3 Å². The molecule has 3 aliphatic rings. The SMILES string of the molecule is C#CC1(CC(=O)C2(NC(=O)c3cc4ccc(-c5ccc(C(=O)N6CCOCC6)cc5)cc4o3)CCC(F)(F)CC2)CC1. The van der Waals surface area contributed by atoms with E-state index in [1.165, 1.54) is 0 Å². The smallest absolute Gasteiger partial charge is 0.287 e. The molecule has 1 N–H and O–H groups in total. The van der Waals surface area contributed by atoms with Crippen molar-refractivity contribution in [1.29, 1.82) is 0 Å². The van der Waals surface area contributed by atoms with Crippen molar-refractivity contribution < 1.29 is 32.3 Å². The largest absolute Gasteiger partial charge is 0.451 e. The van der Waals surface area contributed by atoms with Gasteiger partial charge in [0, 0.05) is 48.7 Å². The number of alkyl halides is 2. The Bertz CT molecular complexity index is 1570. The van der Waals surface area contributed by atoms with E-state index >= 15 is 0 Å². The van der Waals surface area contributed by atoms with Crippen LogP contribution in [0.3, 0.4) is 0 Å². The number of furan rings is 1. The third-order valence-corrected chi connectivity index (χ3v) is 8.89. The van der Waals surface area contributed by atoms with E-state index in [1.54, 1.807) is 29.2 Å². The van der Waals surface area contributed by atoms with Crippen molar-refractivity contribution in [2.24, 2.45) is 5.41 Å². The number of hydrogen-bond donors (Lipinski definition) is 1. The Morgan fingerprint density at radius 3 is 2.21 bits per heavy atom. The maximum atomic E-state index is 14.1. The lowest BCUT2D eigenvalue weighted by atomic mass is 9.74. The zero-order chi connectivity index (χ0) is 29.5. The molecule has 2 amide bonds. The Balaban J connectivity index is 1.19. The molecule has 3 fully saturated rings. The summed E-state index contributed by atoms with van der Waals surface area (Å²) in [7, 11) is 0. The fourth-order valence-electron chi connectivity index (χ4n) is 5.87. The topological polar surface area (TPSA) is 88.9 Å². The summed E-state index contributed by atoms with van der Waals surface area (Å²) < 4.78 is 39.3. The molecule has 2 aromatic carbocycles. The van der Waals surface area contributed by atoms with Crippen LogP contribution in [0.2, 0.25) is 0 Å². The summed E-state index contributed by atoms with van der Waals surface area (Å²) in [4.78, 5) is 41.3. The molecule has 0 unspecified atom stereocenters. The fourth-order valence-corrected chi connectivity index (χ4v) is 5.87. The number of terminal acetylenes is 1. The van der Waals surface area contributed by atoms with Crippen LogP contribution >= 0.6 is 0 Å². The minimum absolute atomic E-state index is 0.00352. The van der Waals surface area contributed by atoms with E-state index in [2.05, 4.69) is 11.2 Å². The van der Waals surface area contributed by atoms with Gasteiger partial charge in [-0.3, -0.25) is 14.4 Å². The number of amides is 2. The lowest BCUT2D eigenvalue weighted by Crippen LogP contribution is -2.58. The molecule has 7 nitrogen and oxygen atoms in total. The lowest BCUT2D eigenvalue weighted by molar-refractivity contribution is -0.131. The highest BCUT2D eigenvalue weighted by Gasteiger charge is 2.52. The standard InChI is InChI=1S/C33H32F2N2O5/c1-2-31(9-10-31)21-28(38)32(11-13-33(34,35)14-12-32)36-29(39)27-20-25-8-7-24(19-26(25)42-27)22-3-5-23(6-4-22)30(40)37-15-17-41-18-16-37/h1,3-8,19-20H,9-18,21H2,(H,36,39). The van der Waals surface area contributed by atoms with Crippen LogP contribution in [0.4, 0.5) is 8.78 Å². The van der Waals surface area contributed by atoms with Gasteiger partial charge >= 0.3 is 0 Å². The van der Waals surface area contributed by atoms with E-state index < -0.39 is 35.6 Å². The van der Waals surface area contributed by atoms with Crippen molar-refractivity contribution in [2.45, 2.75) is 56.4 Å². The number of morpholine rings is 1. The van der Waals surface area contributed by atoms with Crippen LogP contribution < -0.4 is 5.32 Å². The molecule has 3 aromatic rings. The molecule has 9 heteroatoms. The van der Waals surface area contributed by atoms with Crippen LogP contribution in [-0.2, 0) is 9.53 Å². The van der Waals surface area contributed by atoms with Crippen molar-refractivity contribution in [3.8, 4) is 23.5 Å².